The summed E-state index contributed by atoms with van der Waals surface area (Å²) in [6.45, 7) is 3.87. The van der Waals surface area contributed by atoms with Crippen LogP contribution in [0.3, 0.4) is 0 Å². The summed E-state index contributed by atoms with van der Waals surface area (Å²) < 4.78 is 0. The third kappa shape index (κ3) is 4.61. The second-order valence-corrected chi connectivity index (χ2v) is 6.01. The zero-order chi connectivity index (χ0) is 15.2. The van der Waals surface area contributed by atoms with Gasteiger partial charge < -0.3 is 15.5 Å². The van der Waals surface area contributed by atoms with Crippen LogP contribution in [-0.2, 0) is 4.79 Å². The topological polar surface area (TPSA) is 44.4 Å². The second kappa shape index (κ2) is 7.66. The van der Waals surface area contributed by atoms with Gasteiger partial charge in [-0.25, -0.2) is 0 Å². The Hall–Kier alpha value is -1.26. The van der Waals surface area contributed by atoms with Crippen LogP contribution in [0.2, 0.25) is 5.02 Å². The minimum atomic E-state index is 0.00952. The van der Waals surface area contributed by atoms with Gasteiger partial charge in [0, 0.05) is 24.7 Å². The van der Waals surface area contributed by atoms with Crippen molar-refractivity contribution in [2.24, 2.45) is 0 Å². The molecule has 1 aromatic rings. The maximum Gasteiger partial charge on any atom is 0.224 e. The zero-order valence-electron chi connectivity index (χ0n) is 12.8. The molecule has 2 rings (SSSR count). The van der Waals surface area contributed by atoms with Crippen LogP contribution in [0.4, 0.5) is 11.4 Å². The molecule has 21 heavy (non-hydrogen) atoms. The van der Waals surface area contributed by atoms with Gasteiger partial charge in [0.25, 0.3) is 0 Å². The summed E-state index contributed by atoms with van der Waals surface area (Å²) >= 11 is 6.23. The van der Waals surface area contributed by atoms with Crippen molar-refractivity contribution >= 4 is 28.9 Å². The minimum absolute atomic E-state index is 0.00952. The van der Waals surface area contributed by atoms with Crippen LogP contribution in [0.5, 0.6) is 0 Å². The molecular weight excluding hydrogens is 286 g/mol. The van der Waals surface area contributed by atoms with Crippen molar-refractivity contribution in [2.75, 3.05) is 30.8 Å². The maximum absolute atomic E-state index is 11.5. The fraction of sp³-hybridized carbons (Fsp3) is 0.562. The molecule has 0 saturated carbocycles. The molecule has 1 heterocycles. The molecule has 4 nitrogen and oxygen atoms in total. The van der Waals surface area contributed by atoms with Crippen molar-refractivity contribution < 1.29 is 4.79 Å². The highest BCUT2D eigenvalue weighted by Gasteiger charge is 2.18. The Bertz CT molecular complexity index is 492. The molecular formula is C16H24ClN3O. The van der Waals surface area contributed by atoms with E-state index in [0.29, 0.717) is 17.5 Å². The molecule has 0 radical (unpaired) electrons. The SMILES string of the molecule is CCC(=O)Nc1ccc(Cl)c(NCC2CCCCN2C)c1. The van der Waals surface area contributed by atoms with Gasteiger partial charge in [0.05, 0.1) is 10.7 Å². The lowest BCUT2D eigenvalue weighted by atomic mass is 10.0. The molecule has 5 heteroatoms. The van der Waals surface area contributed by atoms with Gasteiger partial charge in [-0.05, 0) is 44.6 Å². The largest absolute Gasteiger partial charge is 0.382 e. The van der Waals surface area contributed by atoms with Crippen molar-refractivity contribution in [3.05, 3.63) is 23.2 Å². The number of halogens is 1. The molecule has 1 amide bonds. The Balaban J connectivity index is 1.98. The maximum atomic E-state index is 11.5. The van der Waals surface area contributed by atoms with Crippen molar-refractivity contribution in [1.29, 1.82) is 0 Å². The van der Waals surface area contributed by atoms with E-state index in [0.717, 1.165) is 24.5 Å². The lowest BCUT2D eigenvalue weighted by Crippen LogP contribution is -2.40. The molecule has 1 fully saturated rings. The first-order valence-corrected chi connectivity index (χ1v) is 8.01. The minimum Gasteiger partial charge on any atom is -0.382 e. The summed E-state index contributed by atoms with van der Waals surface area (Å²) in [7, 11) is 2.17. The average molecular weight is 310 g/mol. The number of amides is 1. The second-order valence-electron chi connectivity index (χ2n) is 5.61. The van der Waals surface area contributed by atoms with Crippen LogP contribution in [0.15, 0.2) is 18.2 Å². The quantitative estimate of drug-likeness (QED) is 0.873. The number of benzene rings is 1. The fourth-order valence-corrected chi connectivity index (χ4v) is 2.80. The number of anilines is 2. The number of carbonyl (C=O) groups is 1. The number of hydrogen-bond acceptors (Lipinski definition) is 3. The molecule has 1 aliphatic heterocycles. The summed E-state index contributed by atoms with van der Waals surface area (Å²) in [4.78, 5) is 13.9. The molecule has 0 aliphatic carbocycles. The van der Waals surface area contributed by atoms with E-state index in [1.165, 1.54) is 19.3 Å². The highest BCUT2D eigenvalue weighted by molar-refractivity contribution is 6.33. The van der Waals surface area contributed by atoms with E-state index in [2.05, 4.69) is 22.6 Å². The lowest BCUT2D eigenvalue weighted by Gasteiger charge is -2.32. The van der Waals surface area contributed by atoms with Crippen LogP contribution in [0.25, 0.3) is 0 Å². The molecule has 1 saturated heterocycles. The molecule has 0 bridgehead atoms. The van der Waals surface area contributed by atoms with Gasteiger partial charge in [-0.15, -0.1) is 0 Å². The summed E-state index contributed by atoms with van der Waals surface area (Å²) in [6.07, 6.45) is 4.26. The Morgan fingerprint density at radius 2 is 2.24 bits per heavy atom. The lowest BCUT2D eigenvalue weighted by molar-refractivity contribution is -0.115. The van der Waals surface area contributed by atoms with Crippen molar-refractivity contribution in [2.45, 2.75) is 38.6 Å². The van der Waals surface area contributed by atoms with Gasteiger partial charge in [-0.3, -0.25) is 4.79 Å². The monoisotopic (exact) mass is 309 g/mol. The standard InChI is InChI=1S/C16H24ClN3O/c1-3-16(21)19-12-7-8-14(17)15(10-12)18-11-13-6-4-5-9-20(13)2/h7-8,10,13,18H,3-6,9,11H2,1-2H3,(H,19,21). The fourth-order valence-electron chi connectivity index (χ4n) is 2.62. The first-order valence-electron chi connectivity index (χ1n) is 7.63. The van der Waals surface area contributed by atoms with Gasteiger partial charge in [0.2, 0.25) is 5.91 Å². The Kier molecular flexibility index (Phi) is 5.88. The van der Waals surface area contributed by atoms with E-state index in [1.54, 1.807) is 0 Å². The van der Waals surface area contributed by atoms with Gasteiger partial charge in [-0.2, -0.15) is 0 Å². The van der Waals surface area contributed by atoms with Crippen LogP contribution >= 0.6 is 11.6 Å². The number of piperidine rings is 1. The van der Waals surface area contributed by atoms with E-state index in [4.69, 9.17) is 11.6 Å². The zero-order valence-corrected chi connectivity index (χ0v) is 13.5. The number of carbonyl (C=O) groups excluding carboxylic acids is 1. The van der Waals surface area contributed by atoms with E-state index in [-0.39, 0.29) is 5.91 Å². The van der Waals surface area contributed by atoms with Gasteiger partial charge in [-0.1, -0.05) is 24.9 Å². The summed E-state index contributed by atoms with van der Waals surface area (Å²) in [5, 5.41) is 6.96. The van der Waals surface area contributed by atoms with E-state index in [9.17, 15) is 4.79 Å². The number of rotatable bonds is 5. The van der Waals surface area contributed by atoms with Gasteiger partial charge >= 0.3 is 0 Å². The highest BCUT2D eigenvalue weighted by atomic mass is 35.5. The number of likely N-dealkylation sites (N-methyl/N-ethyl adjacent to an activating group) is 1. The molecule has 116 valence electrons. The molecule has 2 N–H and O–H groups in total. The van der Waals surface area contributed by atoms with E-state index < -0.39 is 0 Å². The van der Waals surface area contributed by atoms with Crippen molar-refractivity contribution in [3.8, 4) is 0 Å². The Morgan fingerprint density at radius 1 is 1.43 bits per heavy atom. The van der Waals surface area contributed by atoms with Crippen LogP contribution in [0.1, 0.15) is 32.6 Å². The van der Waals surface area contributed by atoms with Crippen LogP contribution < -0.4 is 10.6 Å². The van der Waals surface area contributed by atoms with Crippen LogP contribution in [0, 0.1) is 0 Å². The predicted octanol–water partition coefficient (Wildman–Crippen LogP) is 3.58. The molecule has 1 aromatic carbocycles. The number of nitrogens with one attached hydrogen (secondary N) is 2. The first kappa shape index (κ1) is 16.1. The average Bonchev–Trinajstić information content (AvgIpc) is 2.49. The Labute approximate surface area is 131 Å². The van der Waals surface area contributed by atoms with Crippen LogP contribution in [-0.4, -0.2) is 37.0 Å². The summed E-state index contributed by atoms with van der Waals surface area (Å²) in [5.41, 5.74) is 1.66. The third-order valence-corrected chi connectivity index (χ3v) is 4.35. The van der Waals surface area contributed by atoms with Gasteiger partial charge in [0.15, 0.2) is 0 Å². The first-order chi connectivity index (χ1) is 10.1. The molecule has 1 atom stereocenters. The number of hydrogen-bond donors (Lipinski definition) is 2. The van der Waals surface area contributed by atoms with Crippen molar-refractivity contribution in [3.63, 3.8) is 0 Å². The molecule has 1 unspecified atom stereocenters. The molecule has 0 aromatic heterocycles. The summed E-state index contributed by atoms with van der Waals surface area (Å²) in [5.74, 6) is 0.00952. The number of nitrogens with zero attached hydrogens (tertiary/aromatic N) is 1. The van der Waals surface area contributed by atoms with E-state index >= 15 is 0 Å². The normalized spacial score (nSPS) is 19.3. The molecule has 1 aliphatic rings. The van der Waals surface area contributed by atoms with Gasteiger partial charge in [0.1, 0.15) is 0 Å². The summed E-state index contributed by atoms with van der Waals surface area (Å²) in [6, 6.07) is 6.09. The highest BCUT2D eigenvalue weighted by Crippen LogP contribution is 2.26. The predicted molar refractivity (Wildman–Crippen MR) is 89.1 cm³/mol. The van der Waals surface area contributed by atoms with Crippen molar-refractivity contribution in [1.82, 2.24) is 4.90 Å². The molecule has 0 spiro atoms. The van der Waals surface area contributed by atoms with E-state index in [1.807, 2.05) is 25.1 Å². The smallest absolute Gasteiger partial charge is 0.224 e. The Morgan fingerprint density at radius 3 is 2.95 bits per heavy atom. The number of likely N-dealkylation sites (tertiary alicyclic amines) is 1. The third-order valence-electron chi connectivity index (χ3n) is 4.02.